The van der Waals surface area contributed by atoms with Crippen molar-refractivity contribution in [2.75, 3.05) is 7.11 Å². The molecule has 2 aromatic carbocycles. The van der Waals surface area contributed by atoms with Crippen molar-refractivity contribution in [1.29, 1.82) is 0 Å². The SMILES string of the molecule is COC(=O)c1ccc(Oc2c(C)oc3cc(OC(=O)c4ccncc4)ccc3c2=O)cc1. The molecule has 0 fully saturated rings. The summed E-state index contributed by atoms with van der Waals surface area (Å²) in [4.78, 5) is 40.6. The van der Waals surface area contributed by atoms with E-state index in [-0.39, 0.29) is 33.7 Å². The fraction of sp³-hybridized carbons (Fsp3) is 0.0833. The number of rotatable bonds is 5. The van der Waals surface area contributed by atoms with Crippen LogP contribution in [0.2, 0.25) is 0 Å². The van der Waals surface area contributed by atoms with Crippen molar-refractivity contribution < 1.29 is 28.2 Å². The molecule has 2 heterocycles. The van der Waals surface area contributed by atoms with Crippen LogP contribution in [-0.4, -0.2) is 24.0 Å². The number of carbonyl (C=O) groups excluding carboxylic acids is 2. The first-order valence-corrected chi connectivity index (χ1v) is 9.52. The number of esters is 2. The minimum atomic E-state index is -0.554. The van der Waals surface area contributed by atoms with Crippen LogP contribution in [-0.2, 0) is 4.74 Å². The molecule has 0 saturated heterocycles. The minimum Gasteiger partial charge on any atom is -0.465 e. The molecule has 32 heavy (non-hydrogen) atoms. The molecule has 0 unspecified atom stereocenters. The molecule has 160 valence electrons. The average Bonchev–Trinajstić information content (AvgIpc) is 2.82. The monoisotopic (exact) mass is 431 g/mol. The summed E-state index contributed by atoms with van der Waals surface area (Å²) in [6.07, 6.45) is 2.98. The van der Waals surface area contributed by atoms with E-state index in [1.54, 1.807) is 19.1 Å². The number of benzene rings is 2. The maximum Gasteiger partial charge on any atom is 0.343 e. The quantitative estimate of drug-likeness (QED) is 0.340. The van der Waals surface area contributed by atoms with Gasteiger partial charge in [-0.25, -0.2) is 9.59 Å². The number of pyridine rings is 1. The Morgan fingerprint density at radius 1 is 0.875 bits per heavy atom. The number of aryl methyl sites for hydroxylation is 1. The third-order valence-electron chi connectivity index (χ3n) is 4.61. The van der Waals surface area contributed by atoms with Gasteiger partial charge in [-0.05, 0) is 55.5 Å². The van der Waals surface area contributed by atoms with Gasteiger partial charge in [-0.3, -0.25) is 9.78 Å². The number of methoxy groups -OCH3 is 1. The van der Waals surface area contributed by atoms with E-state index < -0.39 is 11.9 Å². The number of nitrogens with zero attached hydrogens (tertiary/aromatic N) is 1. The zero-order valence-electron chi connectivity index (χ0n) is 17.2. The first-order chi connectivity index (χ1) is 15.5. The number of hydrogen-bond donors (Lipinski definition) is 0. The number of fused-ring (bicyclic) bond motifs is 1. The van der Waals surface area contributed by atoms with Crippen molar-refractivity contribution in [2.45, 2.75) is 6.92 Å². The molecular weight excluding hydrogens is 414 g/mol. The highest BCUT2D eigenvalue weighted by Gasteiger charge is 2.16. The Kier molecular flexibility index (Phi) is 5.67. The number of carbonyl (C=O) groups is 2. The fourth-order valence-corrected chi connectivity index (χ4v) is 3.00. The third kappa shape index (κ3) is 4.20. The minimum absolute atomic E-state index is 0.0184. The molecule has 0 N–H and O–H groups in total. The number of ether oxygens (including phenoxy) is 3. The van der Waals surface area contributed by atoms with E-state index in [2.05, 4.69) is 9.72 Å². The van der Waals surface area contributed by atoms with Crippen LogP contribution in [0.4, 0.5) is 0 Å². The standard InChI is InChI=1S/C24H17NO7/c1-14-22(31-17-5-3-15(4-6-17)23(27)29-2)21(26)19-8-7-18(13-20(19)30-14)32-24(28)16-9-11-25-12-10-16/h3-13H,1-2H3. The van der Waals surface area contributed by atoms with E-state index in [1.165, 1.54) is 62.0 Å². The Morgan fingerprint density at radius 3 is 2.22 bits per heavy atom. The molecule has 0 radical (unpaired) electrons. The van der Waals surface area contributed by atoms with Gasteiger partial charge in [0.1, 0.15) is 22.8 Å². The molecule has 0 bridgehead atoms. The van der Waals surface area contributed by atoms with Gasteiger partial charge in [0, 0.05) is 18.5 Å². The van der Waals surface area contributed by atoms with E-state index in [1.807, 2.05) is 0 Å². The van der Waals surface area contributed by atoms with Gasteiger partial charge in [-0.15, -0.1) is 0 Å². The Morgan fingerprint density at radius 2 is 1.53 bits per heavy atom. The summed E-state index contributed by atoms with van der Waals surface area (Å²) in [5, 5.41) is 0.264. The molecule has 8 nitrogen and oxygen atoms in total. The van der Waals surface area contributed by atoms with Gasteiger partial charge in [-0.1, -0.05) is 0 Å². The van der Waals surface area contributed by atoms with Crippen LogP contribution in [0.3, 0.4) is 0 Å². The maximum absolute atomic E-state index is 13.0. The highest BCUT2D eigenvalue weighted by molar-refractivity contribution is 5.91. The normalized spacial score (nSPS) is 10.6. The summed E-state index contributed by atoms with van der Waals surface area (Å²) in [6.45, 7) is 1.59. The Bertz CT molecular complexity index is 1360. The van der Waals surface area contributed by atoms with Crippen LogP contribution in [0.15, 0.2) is 76.2 Å². The summed E-state index contributed by atoms with van der Waals surface area (Å²) in [6, 6.07) is 13.7. The number of hydrogen-bond acceptors (Lipinski definition) is 8. The molecule has 0 amide bonds. The van der Waals surface area contributed by atoms with Crippen LogP contribution in [0.5, 0.6) is 17.2 Å². The topological polar surface area (TPSA) is 105 Å². The van der Waals surface area contributed by atoms with E-state index in [4.69, 9.17) is 13.9 Å². The Balaban J connectivity index is 1.61. The van der Waals surface area contributed by atoms with Crippen molar-refractivity contribution in [1.82, 2.24) is 4.98 Å². The zero-order chi connectivity index (χ0) is 22.7. The molecule has 0 spiro atoms. The smallest absolute Gasteiger partial charge is 0.343 e. The molecule has 0 atom stereocenters. The lowest BCUT2D eigenvalue weighted by molar-refractivity contribution is 0.0600. The van der Waals surface area contributed by atoms with Gasteiger partial charge in [-0.2, -0.15) is 0 Å². The molecule has 4 rings (SSSR count). The van der Waals surface area contributed by atoms with Crippen molar-refractivity contribution in [3.63, 3.8) is 0 Å². The van der Waals surface area contributed by atoms with Crippen LogP contribution >= 0.6 is 0 Å². The van der Waals surface area contributed by atoms with Gasteiger partial charge >= 0.3 is 11.9 Å². The maximum atomic E-state index is 13.0. The lowest BCUT2D eigenvalue weighted by Gasteiger charge is -2.10. The predicted octanol–water partition coefficient (Wildman–Crippen LogP) is 4.29. The van der Waals surface area contributed by atoms with Crippen molar-refractivity contribution in [3.8, 4) is 17.2 Å². The largest absolute Gasteiger partial charge is 0.465 e. The molecular formula is C24H17NO7. The van der Waals surface area contributed by atoms with Crippen molar-refractivity contribution in [3.05, 3.63) is 94.1 Å². The van der Waals surface area contributed by atoms with Crippen molar-refractivity contribution >= 4 is 22.9 Å². The lowest BCUT2D eigenvalue weighted by Crippen LogP contribution is -2.10. The summed E-state index contributed by atoms with van der Waals surface area (Å²) in [5.74, 6) is -0.175. The van der Waals surface area contributed by atoms with Crippen molar-refractivity contribution in [2.24, 2.45) is 0 Å². The molecule has 4 aromatic rings. The molecule has 8 heteroatoms. The fourth-order valence-electron chi connectivity index (χ4n) is 3.00. The highest BCUT2D eigenvalue weighted by Crippen LogP contribution is 2.28. The molecule has 0 aliphatic carbocycles. The first-order valence-electron chi connectivity index (χ1n) is 9.52. The number of aromatic nitrogens is 1. The van der Waals surface area contributed by atoms with Gasteiger partial charge in [0.15, 0.2) is 0 Å². The van der Waals surface area contributed by atoms with E-state index in [0.29, 0.717) is 16.9 Å². The highest BCUT2D eigenvalue weighted by atomic mass is 16.5. The average molecular weight is 431 g/mol. The summed E-state index contributed by atoms with van der Waals surface area (Å²) in [5.41, 5.74) is 0.573. The van der Waals surface area contributed by atoms with E-state index in [0.717, 1.165) is 0 Å². The van der Waals surface area contributed by atoms with E-state index in [9.17, 15) is 14.4 Å². The first kappa shape index (κ1) is 20.8. The second-order valence-corrected chi connectivity index (χ2v) is 6.72. The second-order valence-electron chi connectivity index (χ2n) is 6.72. The van der Waals surface area contributed by atoms with Gasteiger partial charge in [0.2, 0.25) is 11.2 Å². The zero-order valence-corrected chi connectivity index (χ0v) is 17.2. The van der Waals surface area contributed by atoms with Crippen LogP contribution in [0, 0.1) is 6.92 Å². The third-order valence-corrected chi connectivity index (χ3v) is 4.61. The summed E-state index contributed by atoms with van der Waals surface area (Å²) >= 11 is 0. The summed E-state index contributed by atoms with van der Waals surface area (Å²) in [7, 11) is 1.29. The lowest BCUT2D eigenvalue weighted by atomic mass is 10.2. The Labute approximate surface area is 182 Å². The van der Waals surface area contributed by atoms with Gasteiger partial charge in [0.25, 0.3) is 0 Å². The molecule has 0 saturated carbocycles. The van der Waals surface area contributed by atoms with E-state index >= 15 is 0 Å². The molecule has 2 aromatic heterocycles. The van der Waals surface area contributed by atoms with Crippen LogP contribution in [0.1, 0.15) is 26.5 Å². The molecule has 0 aliphatic heterocycles. The van der Waals surface area contributed by atoms with Gasteiger partial charge < -0.3 is 18.6 Å². The predicted molar refractivity (Wildman–Crippen MR) is 114 cm³/mol. The van der Waals surface area contributed by atoms with Gasteiger partial charge in [0.05, 0.1) is 23.6 Å². The Hall–Kier alpha value is -4.46. The van der Waals surface area contributed by atoms with Crippen LogP contribution < -0.4 is 14.9 Å². The summed E-state index contributed by atoms with van der Waals surface area (Å²) < 4.78 is 21.5. The van der Waals surface area contributed by atoms with Crippen LogP contribution in [0.25, 0.3) is 11.0 Å². The second kappa shape index (κ2) is 8.73. The molecule has 0 aliphatic rings.